The second-order valence-corrected chi connectivity index (χ2v) is 8.94. The van der Waals surface area contributed by atoms with Crippen molar-refractivity contribution in [3.05, 3.63) is 98.7 Å². The fraction of sp³-hybridized carbons (Fsp3) is 0.120. The molecule has 0 atom stereocenters. The first-order valence-corrected chi connectivity index (χ1v) is 11.3. The Balaban J connectivity index is 1.63. The first-order valence-electron chi connectivity index (χ1n) is 10.4. The van der Waals surface area contributed by atoms with Crippen LogP contribution in [-0.4, -0.2) is 24.1 Å². The third-order valence-electron chi connectivity index (χ3n) is 5.69. The minimum atomic E-state index is -0.0966. The molecule has 7 heteroatoms. The monoisotopic (exact) mass is 437 g/mol. The van der Waals surface area contributed by atoms with Gasteiger partial charge in [0.1, 0.15) is 17.2 Å². The second kappa shape index (κ2) is 7.39. The first-order chi connectivity index (χ1) is 15.7. The number of aromatic nitrogens is 5. The van der Waals surface area contributed by atoms with Crippen LogP contribution in [0.4, 0.5) is 0 Å². The molecule has 0 saturated carbocycles. The maximum absolute atomic E-state index is 13.6. The van der Waals surface area contributed by atoms with Crippen LogP contribution in [0.25, 0.3) is 33.2 Å². The van der Waals surface area contributed by atoms with E-state index in [9.17, 15) is 4.79 Å². The standard InChI is InChI=1S/C25H19N5OS/c1-16-8-10-17(11-9-16)13-30-23-21(22-24(30)28-20-7-3-2-6-19(20)27-22)25(31)29(15-26-23)14-18-5-4-12-32-18/h2-12,15H,13-14H2,1H3. The summed E-state index contributed by atoms with van der Waals surface area (Å²) in [4.78, 5) is 29.1. The summed E-state index contributed by atoms with van der Waals surface area (Å²) in [6.45, 7) is 3.12. The van der Waals surface area contributed by atoms with Gasteiger partial charge in [0.05, 0.1) is 24.1 Å². The third kappa shape index (κ3) is 3.09. The number of benzene rings is 2. The van der Waals surface area contributed by atoms with Crippen LogP contribution in [0.3, 0.4) is 0 Å². The Bertz CT molecular complexity index is 1650. The third-order valence-corrected chi connectivity index (χ3v) is 6.55. The van der Waals surface area contributed by atoms with Gasteiger partial charge >= 0.3 is 0 Å². The number of hydrogen-bond donors (Lipinski definition) is 0. The molecule has 4 aromatic heterocycles. The van der Waals surface area contributed by atoms with Crippen LogP contribution in [0.5, 0.6) is 0 Å². The van der Waals surface area contributed by atoms with Crippen LogP contribution < -0.4 is 5.56 Å². The van der Waals surface area contributed by atoms with Crippen LogP contribution in [-0.2, 0) is 13.1 Å². The van der Waals surface area contributed by atoms with Crippen molar-refractivity contribution >= 4 is 44.6 Å². The molecule has 0 aliphatic rings. The Kier molecular flexibility index (Phi) is 4.36. The van der Waals surface area contributed by atoms with Gasteiger partial charge in [0, 0.05) is 4.88 Å². The predicted molar refractivity (Wildman–Crippen MR) is 128 cm³/mol. The smallest absolute Gasteiger partial charge is 0.265 e. The molecule has 6 nitrogen and oxygen atoms in total. The van der Waals surface area contributed by atoms with Gasteiger partial charge < -0.3 is 4.57 Å². The molecule has 32 heavy (non-hydrogen) atoms. The lowest BCUT2D eigenvalue weighted by Gasteiger charge is -2.08. The molecule has 0 saturated heterocycles. The summed E-state index contributed by atoms with van der Waals surface area (Å²) in [7, 11) is 0. The Labute approximate surface area is 187 Å². The number of para-hydroxylation sites is 2. The van der Waals surface area contributed by atoms with Crippen molar-refractivity contribution in [1.82, 2.24) is 24.1 Å². The molecule has 156 valence electrons. The van der Waals surface area contributed by atoms with E-state index in [0.29, 0.717) is 35.3 Å². The maximum Gasteiger partial charge on any atom is 0.265 e. The molecule has 0 N–H and O–H groups in total. The molecule has 6 aromatic rings. The van der Waals surface area contributed by atoms with E-state index in [1.54, 1.807) is 22.2 Å². The lowest BCUT2D eigenvalue weighted by atomic mass is 10.1. The summed E-state index contributed by atoms with van der Waals surface area (Å²) >= 11 is 1.62. The lowest BCUT2D eigenvalue weighted by molar-refractivity contribution is 0.750. The highest BCUT2D eigenvalue weighted by molar-refractivity contribution is 7.09. The average molecular weight is 438 g/mol. The number of aryl methyl sites for hydroxylation is 1. The van der Waals surface area contributed by atoms with E-state index in [0.717, 1.165) is 21.5 Å². The molecular weight excluding hydrogens is 418 g/mol. The zero-order valence-corrected chi connectivity index (χ0v) is 18.2. The highest BCUT2D eigenvalue weighted by Crippen LogP contribution is 2.26. The van der Waals surface area contributed by atoms with Crippen LogP contribution in [0.2, 0.25) is 0 Å². The number of hydrogen-bond acceptors (Lipinski definition) is 5. The minimum Gasteiger partial charge on any atom is -0.304 e. The van der Waals surface area contributed by atoms with Crippen molar-refractivity contribution in [3.8, 4) is 0 Å². The summed E-state index contributed by atoms with van der Waals surface area (Å²) in [5, 5.41) is 2.53. The predicted octanol–water partition coefficient (Wildman–Crippen LogP) is 4.76. The minimum absolute atomic E-state index is 0.0966. The largest absolute Gasteiger partial charge is 0.304 e. The zero-order valence-electron chi connectivity index (χ0n) is 17.4. The summed E-state index contributed by atoms with van der Waals surface area (Å²) in [5.41, 5.74) is 5.69. The number of rotatable bonds is 4. The van der Waals surface area contributed by atoms with Gasteiger partial charge in [-0.25, -0.2) is 15.0 Å². The maximum atomic E-state index is 13.6. The number of thiophene rings is 1. The van der Waals surface area contributed by atoms with Crippen molar-refractivity contribution in [2.75, 3.05) is 0 Å². The van der Waals surface area contributed by atoms with Gasteiger partial charge in [0.25, 0.3) is 5.56 Å². The molecule has 0 spiro atoms. The van der Waals surface area contributed by atoms with Gasteiger partial charge in [-0.15, -0.1) is 11.3 Å². The van der Waals surface area contributed by atoms with E-state index >= 15 is 0 Å². The molecule has 2 aromatic carbocycles. The molecule has 0 bridgehead atoms. The van der Waals surface area contributed by atoms with Gasteiger partial charge in [-0.3, -0.25) is 9.36 Å². The quantitative estimate of drug-likeness (QED) is 0.399. The highest BCUT2D eigenvalue weighted by Gasteiger charge is 2.20. The fourth-order valence-corrected chi connectivity index (χ4v) is 4.75. The van der Waals surface area contributed by atoms with Crippen molar-refractivity contribution in [3.63, 3.8) is 0 Å². The summed E-state index contributed by atoms with van der Waals surface area (Å²) in [6, 6.07) is 20.1. The SMILES string of the molecule is Cc1ccc(Cn2c3nc4ccccc4nc3c3c(=O)n(Cc4cccs4)cnc32)cc1. The Morgan fingerprint density at radius 3 is 2.41 bits per heavy atom. The molecule has 0 unspecified atom stereocenters. The molecule has 6 rings (SSSR count). The fourth-order valence-electron chi connectivity index (χ4n) is 4.05. The van der Waals surface area contributed by atoms with E-state index in [1.807, 2.05) is 46.3 Å². The van der Waals surface area contributed by atoms with Crippen molar-refractivity contribution in [1.29, 1.82) is 0 Å². The van der Waals surface area contributed by atoms with Crippen molar-refractivity contribution in [2.45, 2.75) is 20.0 Å². The Morgan fingerprint density at radius 1 is 0.875 bits per heavy atom. The number of fused-ring (bicyclic) bond motifs is 4. The van der Waals surface area contributed by atoms with E-state index in [-0.39, 0.29) is 5.56 Å². The Hall–Kier alpha value is -3.84. The van der Waals surface area contributed by atoms with E-state index in [2.05, 4.69) is 31.2 Å². The Morgan fingerprint density at radius 2 is 1.66 bits per heavy atom. The summed E-state index contributed by atoms with van der Waals surface area (Å²) in [6.07, 6.45) is 1.63. The van der Waals surface area contributed by atoms with Crippen molar-refractivity contribution < 1.29 is 0 Å². The molecule has 0 aliphatic carbocycles. The van der Waals surface area contributed by atoms with Crippen LogP contribution in [0.1, 0.15) is 16.0 Å². The second-order valence-electron chi connectivity index (χ2n) is 7.91. The van der Waals surface area contributed by atoms with E-state index < -0.39 is 0 Å². The average Bonchev–Trinajstić information content (AvgIpc) is 3.42. The van der Waals surface area contributed by atoms with E-state index in [4.69, 9.17) is 15.0 Å². The molecule has 0 radical (unpaired) electrons. The van der Waals surface area contributed by atoms with Crippen LogP contribution in [0.15, 0.2) is 77.2 Å². The van der Waals surface area contributed by atoms with E-state index in [1.165, 1.54) is 5.56 Å². The molecule has 0 aliphatic heterocycles. The first kappa shape index (κ1) is 18.9. The zero-order chi connectivity index (χ0) is 21.7. The lowest BCUT2D eigenvalue weighted by Crippen LogP contribution is -2.21. The molecule has 0 amide bonds. The van der Waals surface area contributed by atoms with Crippen LogP contribution >= 0.6 is 11.3 Å². The van der Waals surface area contributed by atoms with Gasteiger partial charge in [-0.05, 0) is 36.1 Å². The van der Waals surface area contributed by atoms with Gasteiger partial charge in [0.15, 0.2) is 11.3 Å². The highest BCUT2D eigenvalue weighted by atomic mass is 32.1. The molecule has 4 heterocycles. The van der Waals surface area contributed by atoms with Gasteiger partial charge in [-0.2, -0.15) is 0 Å². The summed E-state index contributed by atoms with van der Waals surface area (Å²) < 4.78 is 3.66. The topological polar surface area (TPSA) is 65.6 Å². The van der Waals surface area contributed by atoms with Gasteiger partial charge in [-0.1, -0.05) is 48.0 Å². The number of nitrogens with zero attached hydrogens (tertiary/aromatic N) is 5. The van der Waals surface area contributed by atoms with Crippen LogP contribution in [0, 0.1) is 6.92 Å². The summed E-state index contributed by atoms with van der Waals surface area (Å²) in [5.74, 6) is 0. The molecule has 0 fully saturated rings. The molecular formula is C25H19N5OS. The normalized spacial score (nSPS) is 11.7. The van der Waals surface area contributed by atoms with Crippen molar-refractivity contribution in [2.24, 2.45) is 0 Å². The van der Waals surface area contributed by atoms with Gasteiger partial charge in [0.2, 0.25) is 0 Å².